The fourth-order valence-corrected chi connectivity index (χ4v) is 4.78. The number of benzene rings is 1. The van der Waals surface area contributed by atoms with Crippen LogP contribution < -0.4 is 14.8 Å². The number of amides is 1. The molecular weight excluding hydrogens is 457 g/mol. The maximum absolute atomic E-state index is 13.0. The number of nitrogens with zero attached hydrogens (tertiary/aromatic N) is 1. The van der Waals surface area contributed by atoms with Crippen LogP contribution in [0.25, 0.3) is 0 Å². The van der Waals surface area contributed by atoms with Gasteiger partial charge in [-0.25, -0.2) is 8.42 Å². The van der Waals surface area contributed by atoms with E-state index in [4.69, 9.17) is 14.2 Å². The lowest BCUT2D eigenvalue weighted by molar-refractivity contribution is -0.155. The van der Waals surface area contributed by atoms with Crippen LogP contribution in [0.15, 0.2) is 23.1 Å². The maximum Gasteiger partial charge on any atom is 0.405 e. The Kier molecular flexibility index (Phi) is 7.49. The number of halogens is 3. The minimum absolute atomic E-state index is 0.0455. The normalized spacial score (nSPS) is 18.0. The summed E-state index contributed by atoms with van der Waals surface area (Å²) in [6.07, 6.45) is -3.56. The summed E-state index contributed by atoms with van der Waals surface area (Å²) in [6, 6.07) is 4.39. The minimum Gasteiger partial charge on any atom is -0.490 e. The second kappa shape index (κ2) is 9.94. The number of ether oxygens (including phenoxy) is 3. The molecule has 178 valence electrons. The molecule has 0 aliphatic carbocycles. The van der Waals surface area contributed by atoms with Gasteiger partial charge in [-0.15, -0.1) is 0 Å². The molecule has 0 spiro atoms. The second-order valence-corrected chi connectivity index (χ2v) is 9.27. The molecule has 2 heterocycles. The summed E-state index contributed by atoms with van der Waals surface area (Å²) >= 11 is 0. The zero-order chi connectivity index (χ0) is 23.4. The topological polar surface area (TPSA) is 111 Å². The lowest BCUT2D eigenvalue weighted by Crippen LogP contribution is -2.41. The number of alkyl halides is 3. The van der Waals surface area contributed by atoms with Crippen molar-refractivity contribution in [2.45, 2.75) is 30.3 Å². The summed E-state index contributed by atoms with van der Waals surface area (Å²) in [6.45, 7) is -1.34. The van der Waals surface area contributed by atoms with Crippen molar-refractivity contribution >= 4 is 21.9 Å². The monoisotopic (exact) mass is 480 g/mol. The molecule has 32 heavy (non-hydrogen) atoms. The van der Waals surface area contributed by atoms with Crippen molar-refractivity contribution in [2.24, 2.45) is 5.92 Å². The van der Waals surface area contributed by atoms with Crippen molar-refractivity contribution in [3.63, 3.8) is 0 Å². The van der Waals surface area contributed by atoms with Crippen LogP contribution in [0.5, 0.6) is 11.5 Å². The molecule has 1 N–H and O–H groups in total. The van der Waals surface area contributed by atoms with Crippen LogP contribution in [-0.2, 0) is 24.3 Å². The van der Waals surface area contributed by atoms with Gasteiger partial charge in [-0.2, -0.15) is 17.5 Å². The first-order chi connectivity index (χ1) is 15.1. The van der Waals surface area contributed by atoms with E-state index in [0.717, 1.165) is 0 Å². The zero-order valence-electron chi connectivity index (χ0n) is 17.0. The Balaban J connectivity index is 1.52. The predicted molar refractivity (Wildman–Crippen MR) is 104 cm³/mol. The number of piperidine rings is 1. The van der Waals surface area contributed by atoms with Crippen LogP contribution in [0.2, 0.25) is 0 Å². The molecule has 1 saturated heterocycles. The quantitative estimate of drug-likeness (QED) is 0.614. The van der Waals surface area contributed by atoms with Crippen molar-refractivity contribution in [1.29, 1.82) is 0 Å². The van der Waals surface area contributed by atoms with Gasteiger partial charge >= 0.3 is 12.1 Å². The van der Waals surface area contributed by atoms with Crippen LogP contribution >= 0.6 is 0 Å². The van der Waals surface area contributed by atoms with Crippen LogP contribution in [0.1, 0.15) is 19.3 Å². The molecule has 0 saturated carbocycles. The van der Waals surface area contributed by atoms with E-state index in [2.05, 4.69) is 0 Å². The Hall–Kier alpha value is -2.54. The van der Waals surface area contributed by atoms with Gasteiger partial charge in [0, 0.05) is 25.6 Å². The Morgan fingerprint density at radius 2 is 1.78 bits per heavy atom. The average molecular weight is 480 g/mol. The molecule has 0 bridgehead atoms. The van der Waals surface area contributed by atoms with E-state index in [1.165, 1.54) is 16.4 Å². The third-order valence-corrected chi connectivity index (χ3v) is 6.87. The number of carbonyl (C=O) groups is 2. The molecule has 9 nitrogen and oxygen atoms in total. The number of fused-ring (bicyclic) bond motifs is 1. The summed E-state index contributed by atoms with van der Waals surface area (Å²) in [7, 11) is -3.83. The van der Waals surface area contributed by atoms with Crippen molar-refractivity contribution < 1.29 is 45.4 Å². The number of hydrogen-bond acceptors (Lipinski definition) is 7. The predicted octanol–water partition coefficient (Wildman–Crippen LogP) is 1.47. The van der Waals surface area contributed by atoms with Gasteiger partial charge in [0.25, 0.3) is 5.91 Å². The summed E-state index contributed by atoms with van der Waals surface area (Å²) in [5.41, 5.74) is 0. The third-order valence-electron chi connectivity index (χ3n) is 4.98. The number of hydrogen-bond donors (Lipinski definition) is 1. The molecule has 0 radical (unpaired) electrons. The fraction of sp³-hybridized carbons (Fsp3) is 0.579. The minimum atomic E-state index is -4.56. The largest absolute Gasteiger partial charge is 0.490 e. The van der Waals surface area contributed by atoms with E-state index in [0.29, 0.717) is 31.1 Å². The first-order valence-corrected chi connectivity index (χ1v) is 11.4. The van der Waals surface area contributed by atoms with Gasteiger partial charge in [0.05, 0.1) is 24.0 Å². The molecule has 2 aliphatic rings. The van der Waals surface area contributed by atoms with E-state index in [1.54, 1.807) is 11.4 Å². The smallest absolute Gasteiger partial charge is 0.405 e. The van der Waals surface area contributed by atoms with Crippen molar-refractivity contribution in [1.82, 2.24) is 9.62 Å². The van der Waals surface area contributed by atoms with Gasteiger partial charge in [-0.3, -0.25) is 9.59 Å². The zero-order valence-corrected chi connectivity index (χ0v) is 17.8. The second-order valence-electron chi connectivity index (χ2n) is 7.34. The molecule has 0 unspecified atom stereocenters. The summed E-state index contributed by atoms with van der Waals surface area (Å²) in [4.78, 5) is 23.5. The highest BCUT2D eigenvalue weighted by Crippen LogP contribution is 2.33. The van der Waals surface area contributed by atoms with Crippen molar-refractivity contribution in [3.8, 4) is 11.5 Å². The molecule has 3 rings (SSSR count). The van der Waals surface area contributed by atoms with E-state index >= 15 is 0 Å². The van der Waals surface area contributed by atoms with Crippen LogP contribution in [0, 0.1) is 5.92 Å². The Bertz CT molecular complexity index is 945. The summed E-state index contributed by atoms with van der Waals surface area (Å²) in [5, 5.41) is 1.60. The molecule has 1 amide bonds. The number of nitrogens with one attached hydrogen (secondary N) is 1. The molecule has 13 heteroatoms. The van der Waals surface area contributed by atoms with Gasteiger partial charge in [0.1, 0.15) is 6.54 Å². The lowest BCUT2D eigenvalue weighted by Gasteiger charge is -2.30. The highest BCUT2D eigenvalue weighted by molar-refractivity contribution is 7.89. The first kappa shape index (κ1) is 24.1. The van der Waals surface area contributed by atoms with E-state index in [1.807, 2.05) is 0 Å². The van der Waals surface area contributed by atoms with E-state index < -0.39 is 47.1 Å². The molecule has 0 aromatic heterocycles. The van der Waals surface area contributed by atoms with Gasteiger partial charge in [0.15, 0.2) is 18.1 Å². The highest BCUT2D eigenvalue weighted by Gasteiger charge is 2.34. The van der Waals surface area contributed by atoms with Crippen molar-refractivity contribution in [2.75, 3.05) is 39.5 Å². The van der Waals surface area contributed by atoms with Crippen LogP contribution in [0.4, 0.5) is 13.2 Å². The molecule has 2 aliphatic heterocycles. The Morgan fingerprint density at radius 1 is 1.12 bits per heavy atom. The van der Waals surface area contributed by atoms with Gasteiger partial charge < -0.3 is 19.5 Å². The maximum atomic E-state index is 13.0. The molecular formula is C19H23F3N2O7S. The molecule has 0 atom stereocenters. The highest BCUT2D eigenvalue weighted by atomic mass is 32.2. The van der Waals surface area contributed by atoms with Gasteiger partial charge in [-0.05, 0) is 25.0 Å². The Morgan fingerprint density at radius 3 is 2.44 bits per heavy atom. The summed E-state index contributed by atoms with van der Waals surface area (Å²) in [5.74, 6) is -1.64. The lowest BCUT2D eigenvalue weighted by atomic mass is 9.98. The third kappa shape index (κ3) is 6.25. The number of esters is 1. The summed E-state index contributed by atoms with van der Waals surface area (Å²) < 4.78 is 79.2. The fourth-order valence-electron chi connectivity index (χ4n) is 3.29. The van der Waals surface area contributed by atoms with Crippen LogP contribution in [0.3, 0.4) is 0 Å². The van der Waals surface area contributed by atoms with E-state index in [-0.39, 0.29) is 30.8 Å². The SMILES string of the molecule is O=C(COC(=O)C1CCN(S(=O)(=O)c2ccc3c(c2)OCCCO3)CC1)NCC(F)(F)F. The number of carbonyl (C=O) groups excluding carboxylic acids is 2. The first-order valence-electron chi connectivity index (χ1n) is 9.96. The number of sulfonamides is 1. The molecule has 1 aromatic carbocycles. The van der Waals surface area contributed by atoms with Crippen molar-refractivity contribution in [3.05, 3.63) is 18.2 Å². The number of rotatable bonds is 6. The molecule has 1 aromatic rings. The Labute approximate surface area is 182 Å². The standard InChI is InChI=1S/C19H23F3N2O7S/c20-19(21,22)12-23-17(25)11-31-18(26)13-4-6-24(7-5-13)32(27,28)14-2-3-15-16(10-14)30-9-1-8-29-15/h2-3,10,13H,1,4-9,11-12H2,(H,23,25). The van der Waals surface area contributed by atoms with E-state index in [9.17, 15) is 31.2 Å². The van der Waals surface area contributed by atoms with Gasteiger partial charge in [0.2, 0.25) is 10.0 Å². The average Bonchev–Trinajstić information content (AvgIpc) is 3.00. The molecule has 1 fully saturated rings. The van der Waals surface area contributed by atoms with Gasteiger partial charge in [-0.1, -0.05) is 0 Å². The van der Waals surface area contributed by atoms with Crippen LogP contribution in [-0.4, -0.2) is 70.2 Å².